The van der Waals surface area contributed by atoms with Crippen molar-refractivity contribution in [1.82, 2.24) is 0 Å². The predicted molar refractivity (Wildman–Crippen MR) is 307 cm³/mol. The minimum Gasteiger partial charge on any atom is -0.726 e. The van der Waals surface area contributed by atoms with Gasteiger partial charge in [0.15, 0.2) is 0 Å². The van der Waals surface area contributed by atoms with E-state index in [0.29, 0.717) is 0 Å². The Balaban J connectivity index is -0.00000128. The van der Waals surface area contributed by atoms with E-state index in [1.54, 1.807) is 0 Å². The van der Waals surface area contributed by atoms with Crippen LogP contribution in [-0.2, 0) is 29.2 Å². The zero-order chi connectivity index (χ0) is 51.8. The Hall–Kier alpha value is 0.480. The zero-order valence-corrected chi connectivity index (χ0v) is 51.5. The number of unbranched alkanes of at least 4 members (excludes halogenated alkanes) is 42. The van der Waals surface area contributed by atoms with Crippen molar-refractivity contribution in [1.29, 1.82) is 0 Å². The molecule has 0 bridgehead atoms. The smallest absolute Gasteiger partial charge is 0.726 e. The standard InChI is InChI=1S/2C30H60O4S.Ca/c2*1-3-5-7-9-11-13-14-15-16-17-18-19-20-22-24-26-28-30(29-34-35(31,32)33)27-25-23-21-12-10-8-6-4-2;/h2*26,28,30H,3-25,27,29H2,1-2H3,(H,31,32,33);/q;;+2/p-2/b2*28-26+;. The fourth-order valence-electron chi connectivity index (χ4n) is 9.38. The van der Waals surface area contributed by atoms with Gasteiger partial charge >= 0.3 is 37.7 Å². The molecule has 0 spiro atoms. The molecule has 2 atom stereocenters. The molecule has 2 unspecified atom stereocenters. The van der Waals surface area contributed by atoms with E-state index >= 15 is 0 Å². The third-order valence-corrected chi connectivity index (χ3v) is 14.8. The first kappa shape index (κ1) is 75.7. The maximum Gasteiger partial charge on any atom is 2.00 e. The largest absolute Gasteiger partial charge is 2.00 e. The van der Waals surface area contributed by atoms with Crippen LogP contribution in [0, 0.1) is 11.8 Å². The number of hydrogen-bond acceptors (Lipinski definition) is 8. The molecular weight excluding hydrogens is 953 g/mol. The summed E-state index contributed by atoms with van der Waals surface area (Å²) in [7, 11) is -9.22. The van der Waals surface area contributed by atoms with Crippen LogP contribution in [0.2, 0.25) is 0 Å². The van der Waals surface area contributed by atoms with Gasteiger partial charge < -0.3 is 9.11 Å². The van der Waals surface area contributed by atoms with Crippen molar-refractivity contribution in [2.45, 2.75) is 336 Å². The van der Waals surface area contributed by atoms with Gasteiger partial charge in [0.05, 0.1) is 13.2 Å². The number of hydrogen-bond donors (Lipinski definition) is 0. The summed E-state index contributed by atoms with van der Waals surface area (Å²) in [5, 5.41) is 0. The molecule has 0 radical (unpaired) electrons. The van der Waals surface area contributed by atoms with Crippen LogP contribution in [0.1, 0.15) is 336 Å². The Bertz CT molecular complexity index is 1190. The molecule has 71 heavy (non-hydrogen) atoms. The molecule has 420 valence electrons. The molecule has 0 aromatic rings. The van der Waals surface area contributed by atoms with Crippen molar-refractivity contribution in [2.75, 3.05) is 13.2 Å². The molecule has 0 amide bonds. The third kappa shape index (κ3) is 70.5. The van der Waals surface area contributed by atoms with Gasteiger partial charge in [-0.1, -0.05) is 322 Å². The fourth-order valence-corrected chi connectivity index (χ4v) is 10.1. The van der Waals surface area contributed by atoms with Gasteiger partial charge in [-0.2, -0.15) is 0 Å². The van der Waals surface area contributed by atoms with Gasteiger partial charge in [-0.05, 0) is 38.5 Å². The molecule has 0 rings (SSSR count). The Labute approximate surface area is 474 Å². The fraction of sp³-hybridized carbons (Fsp3) is 0.933. The molecule has 0 saturated heterocycles. The average Bonchev–Trinajstić information content (AvgIpc) is 3.32. The summed E-state index contributed by atoms with van der Waals surface area (Å²) in [6.07, 6.45) is 70.4. The average molecular weight is 1070 g/mol. The predicted octanol–water partition coefficient (Wildman–Crippen LogP) is 19.7. The van der Waals surface area contributed by atoms with Gasteiger partial charge in [0, 0.05) is 11.8 Å². The van der Waals surface area contributed by atoms with Crippen LogP contribution < -0.4 is 0 Å². The van der Waals surface area contributed by atoms with Crippen LogP contribution in [0.4, 0.5) is 0 Å². The molecular formula is C60H118CaO8S2. The number of rotatable bonds is 56. The van der Waals surface area contributed by atoms with E-state index in [1.165, 1.54) is 270 Å². The van der Waals surface area contributed by atoms with Gasteiger partial charge in [0.2, 0.25) is 20.8 Å². The van der Waals surface area contributed by atoms with E-state index in [9.17, 15) is 25.9 Å². The second-order valence-corrected chi connectivity index (χ2v) is 23.2. The molecule has 11 heteroatoms. The minimum absolute atomic E-state index is 0. The first-order chi connectivity index (χ1) is 34.0. The third-order valence-electron chi connectivity index (χ3n) is 14.0. The molecule has 0 aromatic carbocycles. The van der Waals surface area contributed by atoms with Gasteiger partial charge in [0.25, 0.3) is 0 Å². The SMILES string of the molecule is CCCCCCCCCCCCCCCC/C=C/C(CCCCCCCCCC)COS(=O)(=O)[O-].CCCCCCCCCCCCCCCC/C=C/C(CCCCCCCCCC)COS(=O)(=O)[O-].[Ca+2]. The molecule has 0 aliphatic carbocycles. The van der Waals surface area contributed by atoms with Crippen LogP contribution in [0.3, 0.4) is 0 Å². The second kappa shape index (κ2) is 61.3. The Kier molecular flexibility index (Phi) is 65.4. The summed E-state index contributed by atoms with van der Waals surface area (Å²) >= 11 is 0. The molecule has 0 aliphatic rings. The summed E-state index contributed by atoms with van der Waals surface area (Å²) in [5.41, 5.74) is 0. The van der Waals surface area contributed by atoms with E-state index in [1.807, 2.05) is 0 Å². The van der Waals surface area contributed by atoms with E-state index in [0.717, 1.165) is 38.5 Å². The van der Waals surface area contributed by atoms with Crippen molar-refractivity contribution in [3.8, 4) is 0 Å². The van der Waals surface area contributed by atoms with Crippen molar-refractivity contribution < 1.29 is 34.3 Å². The van der Waals surface area contributed by atoms with E-state index in [4.69, 9.17) is 0 Å². The minimum atomic E-state index is -4.61. The van der Waals surface area contributed by atoms with Gasteiger partial charge in [-0.25, -0.2) is 16.8 Å². The van der Waals surface area contributed by atoms with Crippen molar-refractivity contribution in [3.63, 3.8) is 0 Å². The molecule has 0 fully saturated rings. The normalized spacial score (nSPS) is 12.9. The van der Waals surface area contributed by atoms with Gasteiger partial charge in [-0.3, -0.25) is 8.37 Å². The summed E-state index contributed by atoms with van der Waals surface area (Å²) in [5.74, 6) is 0.0379. The first-order valence-corrected chi connectivity index (χ1v) is 33.2. The van der Waals surface area contributed by atoms with Crippen molar-refractivity contribution in [3.05, 3.63) is 24.3 Å². The van der Waals surface area contributed by atoms with Crippen LogP contribution in [0.25, 0.3) is 0 Å². The summed E-state index contributed by atoms with van der Waals surface area (Å²) in [4.78, 5) is 0. The molecule has 0 heterocycles. The van der Waals surface area contributed by atoms with Crippen LogP contribution >= 0.6 is 0 Å². The zero-order valence-electron chi connectivity index (χ0n) is 47.6. The van der Waals surface area contributed by atoms with Crippen LogP contribution in [0.5, 0.6) is 0 Å². The van der Waals surface area contributed by atoms with Gasteiger partial charge in [0.1, 0.15) is 0 Å². The number of allylic oxidation sites excluding steroid dienone is 2. The maximum atomic E-state index is 10.9. The molecule has 0 N–H and O–H groups in total. The van der Waals surface area contributed by atoms with Crippen molar-refractivity contribution in [2.24, 2.45) is 11.8 Å². The Morgan fingerprint density at radius 3 is 0.690 bits per heavy atom. The van der Waals surface area contributed by atoms with E-state index < -0.39 is 20.8 Å². The van der Waals surface area contributed by atoms with Crippen molar-refractivity contribution >= 4 is 58.5 Å². The maximum absolute atomic E-state index is 10.9. The molecule has 8 nitrogen and oxygen atoms in total. The summed E-state index contributed by atoms with van der Waals surface area (Å²) < 4.78 is 74.3. The monoisotopic (exact) mass is 1070 g/mol. The topological polar surface area (TPSA) is 133 Å². The first-order valence-electron chi connectivity index (χ1n) is 30.5. The quantitative estimate of drug-likeness (QED) is 0.0193. The van der Waals surface area contributed by atoms with Crippen LogP contribution in [-0.4, -0.2) is 76.9 Å². The Morgan fingerprint density at radius 2 is 0.493 bits per heavy atom. The summed E-state index contributed by atoms with van der Waals surface area (Å²) in [6.45, 7) is 8.98. The molecule has 0 aromatic heterocycles. The molecule has 0 saturated carbocycles. The van der Waals surface area contributed by atoms with E-state index in [-0.39, 0.29) is 62.8 Å². The van der Waals surface area contributed by atoms with Crippen LogP contribution in [0.15, 0.2) is 24.3 Å². The van der Waals surface area contributed by atoms with Gasteiger partial charge in [-0.15, -0.1) is 0 Å². The Morgan fingerprint density at radius 1 is 0.310 bits per heavy atom. The summed E-state index contributed by atoms with van der Waals surface area (Å²) in [6, 6.07) is 0. The second-order valence-electron chi connectivity index (χ2n) is 21.1. The molecule has 0 aliphatic heterocycles. The van der Waals surface area contributed by atoms with E-state index in [2.05, 4.69) is 60.4 Å².